The SMILES string of the molecule is CCc1ccc(OCC(=O)NNC(=O)c2cc(-c3cccs3)nn2-c2ccccc2)cc1. The molecule has 2 aromatic heterocycles. The number of aryl methyl sites for hydroxylation is 1. The average molecular weight is 447 g/mol. The van der Waals surface area contributed by atoms with Crippen molar-refractivity contribution in [2.75, 3.05) is 6.61 Å². The van der Waals surface area contributed by atoms with Gasteiger partial charge >= 0.3 is 0 Å². The number of aromatic nitrogens is 2. The highest BCUT2D eigenvalue weighted by Gasteiger charge is 2.18. The van der Waals surface area contributed by atoms with Gasteiger partial charge in [0, 0.05) is 0 Å². The van der Waals surface area contributed by atoms with Crippen molar-refractivity contribution >= 4 is 23.2 Å². The Kier molecular flexibility index (Phi) is 6.62. The highest BCUT2D eigenvalue weighted by Crippen LogP contribution is 2.25. The van der Waals surface area contributed by atoms with Gasteiger partial charge in [0.05, 0.1) is 10.6 Å². The molecule has 2 aromatic carbocycles. The second kappa shape index (κ2) is 9.93. The molecule has 4 aromatic rings. The summed E-state index contributed by atoms with van der Waals surface area (Å²) in [7, 11) is 0. The lowest BCUT2D eigenvalue weighted by atomic mass is 10.2. The van der Waals surface area contributed by atoms with Gasteiger partial charge in [0.1, 0.15) is 17.1 Å². The van der Waals surface area contributed by atoms with Crippen LogP contribution in [0.15, 0.2) is 78.2 Å². The molecule has 0 aliphatic heterocycles. The molecule has 4 rings (SSSR count). The van der Waals surface area contributed by atoms with Crippen LogP contribution in [0.2, 0.25) is 0 Å². The maximum absolute atomic E-state index is 12.8. The highest BCUT2D eigenvalue weighted by molar-refractivity contribution is 7.13. The molecule has 0 unspecified atom stereocenters. The fraction of sp³-hybridized carbons (Fsp3) is 0.125. The lowest BCUT2D eigenvalue weighted by Gasteiger charge is -2.10. The number of amides is 2. The summed E-state index contributed by atoms with van der Waals surface area (Å²) in [6.07, 6.45) is 0.931. The monoisotopic (exact) mass is 446 g/mol. The minimum absolute atomic E-state index is 0.218. The lowest BCUT2D eigenvalue weighted by molar-refractivity contribution is -0.123. The topological polar surface area (TPSA) is 85.2 Å². The molecule has 0 aliphatic carbocycles. The van der Waals surface area contributed by atoms with Crippen molar-refractivity contribution in [3.63, 3.8) is 0 Å². The van der Waals surface area contributed by atoms with Gasteiger partial charge in [0.25, 0.3) is 11.8 Å². The van der Waals surface area contributed by atoms with Crippen LogP contribution in [0.5, 0.6) is 5.75 Å². The molecule has 2 N–H and O–H groups in total. The van der Waals surface area contributed by atoms with E-state index in [1.54, 1.807) is 10.7 Å². The minimum Gasteiger partial charge on any atom is -0.484 e. The second-order valence-corrected chi connectivity index (χ2v) is 7.88. The number of para-hydroxylation sites is 1. The van der Waals surface area contributed by atoms with E-state index in [9.17, 15) is 9.59 Å². The number of hydrazine groups is 1. The van der Waals surface area contributed by atoms with Crippen molar-refractivity contribution in [1.29, 1.82) is 0 Å². The first-order chi connectivity index (χ1) is 15.6. The van der Waals surface area contributed by atoms with Crippen LogP contribution < -0.4 is 15.6 Å². The predicted molar refractivity (Wildman–Crippen MR) is 124 cm³/mol. The van der Waals surface area contributed by atoms with Gasteiger partial charge in [0.2, 0.25) is 0 Å². The van der Waals surface area contributed by atoms with Gasteiger partial charge in [-0.1, -0.05) is 43.3 Å². The molecule has 7 nitrogen and oxygen atoms in total. The van der Waals surface area contributed by atoms with E-state index < -0.39 is 11.8 Å². The Balaban J connectivity index is 1.42. The number of ether oxygens (including phenoxy) is 1. The van der Waals surface area contributed by atoms with Gasteiger partial charge in [0.15, 0.2) is 6.61 Å². The zero-order chi connectivity index (χ0) is 22.3. The van der Waals surface area contributed by atoms with Crippen LogP contribution in [0.25, 0.3) is 16.3 Å². The van der Waals surface area contributed by atoms with Crippen LogP contribution in [0.1, 0.15) is 23.0 Å². The number of carbonyl (C=O) groups is 2. The lowest BCUT2D eigenvalue weighted by Crippen LogP contribution is -2.44. The molecule has 0 atom stereocenters. The summed E-state index contributed by atoms with van der Waals surface area (Å²) < 4.78 is 7.03. The van der Waals surface area contributed by atoms with Gasteiger partial charge < -0.3 is 4.74 Å². The molecule has 0 saturated heterocycles. The summed E-state index contributed by atoms with van der Waals surface area (Å²) >= 11 is 1.54. The smallest absolute Gasteiger partial charge is 0.288 e. The number of hydrogen-bond donors (Lipinski definition) is 2. The summed E-state index contributed by atoms with van der Waals surface area (Å²) in [5, 5.41) is 6.54. The third kappa shape index (κ3) is 5.04. The molecule has 2 amide bonds. The second-order valence-electron chi connectivity index (χ2n) is 6.93. The average Bonchev–Trinajstić information content (AvgIpc) is 3.52. The van der Waals surface area contributed by atoms with Crippen LogP contribution in [-0.2, 0) is 11.2 Å². The Labute approximate surface area is 189 Å². The molecule has 32 heavy (non-hydrogen) atoms. The molecule has 8 heteroatoms. The van der Waals surface area contributed by atoms with Crippen molar-refractivity contribution in [3.8, 4) is 22.0 Å². The van der Waals surface area contributed by atoms with Crippen molar-refractivity contribution in [2.24, 2.45) is 0 Å². The molecule has 0 aliphatic rings. The first-order valence-electron chi connectivity index (χ1n) is 10.1. The minimum atomic E-state index is -0.482. The van der Waals surface area contributed by atoms with E-state index >= 15 is 0 Å². The van der Waals surface area contributed by atoms with E-state index in [2.05, 4.69) is 22.9 Å². The third-order valence-corrected chi connectivity index (χ3v) is 5.63. The van der Waals surface area contributed by atoms with Crippen LogP contribution >= 0.6 is 11.3 Å². The zero-order valence-corrected chi connectivity index (χ0v) is 18.3. The normalized spacial score (nSPS) is 10.5. The molecule has 0 radical (unpaired) electrons. The highest BCUT2D eigenvalue weighted by atomic mass is 32.1. The number of nitrogens with zero attached hydrogens (tertiary/aromatic N) is 2. The van der Waals surface area contributed by atoms with Gasteiger partial charge in [-0.15, -0.1) is 11.3 Å². The van der Waals surface area contributed by atoms with E-state index in [1.165, 1.54) is 16.9 Å². The van der Waals surface area contributed by atoms with Crippen molar-refractivity contribution in [1.82, 2.24) is 20.6 Å². The predicted octanol–water partition coefficient (Wildman–Crippen LogP) is 4.00. The third-order valence-electron chi connectivity index (χ3n) is 4.73. The summed E-state index contributed by atoms with van der Waals surface area (Å²) in [4.78, 5) is 25.9. The van der Waals surface area contributed by atoms with E-state index in [0.29, 0.717) is 17.1 Å². The maximum atomic E-state index is 12.8. The van der Waals surface area contributed by atoms with E-state index in [1.807, 2.05) is 72.1 Å². The number of nitrogens with one attached hydrogen (secondary N) is 2. The van der Waals surface area contributed by atoms with Gasteiger partial charge in [-0.05, 0) is 53.8 Å². The first-order valence-corrected chi connectivity index (χ1v) is 11.0. The first kappa shape index (κ1) is 21.3. The van der Waals surface area contributed by atoms with Gasteiger partial charge in [-0.2, -0.15) is 5.10 Å². The summed E-state index contributed by atoms with van der Waals surface area (Å²) in [6.45, 7) is 1.85. The Morgan fingerprint density at radius 1 is 1.00 bits per heavy atom. The molecule has 2 heterocycles. The molecule has 0 saturated carbocycles. The Bertz CT molecular complexity index is 1190. The van der Waals surface area contributed by atoms with E-state index in [0.717, 1.165) is 17.0 Å². The fourth-order valence-corrected chi connectivity index (χ4v) is 3.73. The number of benzene rings is 2. The molecule has 0 spiro atoms. The maximum Gasteiger partial charge on any atom is 0.288 e. The van der Waals surface area contributed by atoms with Crippen LogP contribution in [0.4, 0.5) is 0 Å². The van der Waals surface area contributed by atoms with Gasteiger partial charge in [-0.25, -0.2) is 4.68 Å². The van der Waals surface area contributed by atoms with Crippen LogP contribution in [0, 0.1) is 0 Å². The zero-order valence-electron chi connectivity index (χ0n) is 17.4. The summed E-state index contributed by atoms with van der Waals surface area (Å²) in [5.41, 5.74) is 7.75. The standard InChI is InChI=1S/C24H22N4O3S/c1-2-17-10-12-19(13-11-17)31-16-23(29)25-26-24(30)21-15-20(22-9-6-14-32-22)27-28(21)18-7-4-3-5-8-18/h3-15H,2,16H2,1H3,(H,25,29)(H,26,30). The number of thiophene rings is 1. The summed E-state index contributed by atoms with van der Waals surface area (Å²) in [5.74, 6) is -0.363. The number of carbonyl (C=O) groups excluding carboxylic acids is 2. The molecule has 162 valence electrons. The number of hydrogen-bond acceptors (Lipinski definition) is 5. The molecule has 0 fully saturated rings. The van der Waals surface area contributed by atoms with Crippen LogP contribution in [-0.4, -0.2) is 28.2 Å². The van der Waals surface area contributed by atoms with Crippen molar-refractivity contribution in [3.05, 3.63) is 89.4 Å². The Hall–Kier alpha value is -3.91. The largest absolute Gasteiger partial charge is 0.484 e. The van der Waals surface area contributed by atoms with E-state index in [-0.39, 0.29) is 6.61 Å². The molecular formula is C24H22N4O3S. The van der Waals surface area contributed by atoms with Crippen molar-refractivity contribution < 1.29 is 14.3 Å². The Morgan fingerprint density at radius 3 is 2.47 bits per heavy atom. The molecule has 0 bridgehead atoms. The fourth-order valence-electron chi connectivity index (χ4n) is 3.05. The van der Waals surface area contributed by atoms with Crippen molar-refractivity contribution in [2.45, 2.75) is 13.3 Å². The van der Waals surface area contributed by atoms with Crippen LogP contribution in [0.3, 0.4) is 0 Å². The Morgan fingerprint density at radius 2 is 1.78 bits per heavy atom. The summed E-state index contributed by atoms with van der Waals surface area (Å²) in [6, 6.07) is 22.4. The molecular weight excluding hydrogens is 424 g/mol. The number of rotatable bonds is 7. The van der Waals surface area contributed by atoms with Gasteiger partial charge in [-0.3, -0.25) is 20.4 Å². The van der Waals surface area contributed by atoms with E-state index in [4.69, 9.17) is 4.74 Å². The quantitative estimate of drug-likeness (QED) is 0.420.